The van der Waals surface area contributed by atoms with Gasteiger partial charge in [0.1, 0.15) is 17.4 Å². The summed E-state index contributed by atoms with van der Waals surface area (Å²) in [7, 11) is -2.81. The van der Waals surface area contributed by atoms with Gasteiger partial charge in [-0.15, -0.1) is 0 Å². The van der Waals surface area contributed by atoms with Gasteiger partial charge in [0, 0.05) is 11.8 Å². The first kappa shape index (κ1) is 15.0. The number of halogens is 2. The molecule has 0 amide bonds. The van der Waals surface area contributed by atoms with E-state index in [4.69, 9.17) is 10.5 Å². The number of nitrogens with one attached hydrogen (secondary N) is 1. The molecule has 0 bridgehead atoms. The molecule has 21 heavy (non-hydrogen) atoms. The van der Waals surface area contributed by atoms with Gasteiger partial charge in [0.25, 0.3) is 10.0 Å². The number of benzene rings is 2. The molecule has 0 saturated carbocycles. The normalized spacial score (nSPS) is 11.2. The maximum atomic E-state index is 13.2. The Morgan fingerprint density at radius 1 is 1.10 bits per heavy atom. The first-order chi connectivity index (χ1) is 9.81. The molecular formula is C13H12F2N2O3S. The van der Waals surface area contributed by atoms with E-state index in [1.54, 1.807) is 0 Å². The van der Waals surface area contributed by atoms with Crippen molar-refractivity contribution in [3.63, 3.8) is 0 Å². The van der Waals surface area contributed by atoms with Crippen LogP contribution in [-0.2, 0) is 10.0 Å². The Hall–Kier alpha value is -2.35. The molecule has 0 aliphatic carbocycles. The third kappa shape index (κ3) is 3.40. The van der Waals surface area contributed by atoms with Crippen molar-refractivity contribution in [3.05, 3.63) is 48.0 Å². The quantitative estimate of drug-likeness (QED) is 0.849. The van der Waals surface area contributed by atoms with Crippen molar-refractivity contribution < 1.29 is 21.9 Å². The van der Waals surface area contributed by atoms with Crippen LogP contribution in [0.1, 0.15) is 0 Å². The number of hydrogen-bond donors (Lipinski definition) is 2. The lowest BCUT2D eigenvalue weighted by Gasteiger charge is -2.12. The standard InChI is InChI=1S/C13H12F2N2O3S/c1-20-13-6-8(14)2-3-12(13)17-21(18,19)11-5-9(15)4-10(16)7-11/h2-7,17H,16H2,1H3. The average molecular weight is 314 g/mol. The van der Waals surface area contributed by atoms with Crippen LogP contribution in [0.4, 0.5) is 20.2 Å². The van der Waals surface area contributed by atoms with Crippen LogP contribution in [0.3, 0.4) is 0 Å². The molecule has 0 aliphatic rings. The van der Waals surface area contributed by atoms with E-state index in [-0.39, 0.29) is 22.0 Å². The highest BCUT2D eigenvalue weighted by atomic mass is 32.2. The van der Waals surface area contributed by atoms with Crippen LogP contribution in [-0.4, -0.2) is 15.5 Å². The fraction of sp³-hybridized carbons (Fsp3) is 0.0769. The SMILES string of the molecule is COc1cc(F)ccc1NS(=O)(=O)c1cc(N)cc(F)c1. The maximum absolute atomic E-state index is 13.2. The molecule has 0 heterocycles. The van der Waals surface area contributed by atoms with Crippen molar-refractivity contribution in [2.24, 2.45) is 0 Å². The van der Waals surface area contributed by atoms with Crippen molar-refractivity contribution in [2.45, 2.75) is 4.90 Å². The van der Waals surface area contributed by atoms with Crippen LogP contribution in [0.15, 0.2) is 41.3 Å². The molecule has 0 saturated heterocycles. The van der Waals surface area contributed by atoms with E-state index in [1.807, 2.05) is 0 Å². The summed E-state index contributed by atoms with van der Waals surface area (Å²) in [5.74, 6) is -1.35. The number of methoxy groups -OCH3 is 1. The largest absolute Gasteiger partial charge is 0.494 e. The molecule has 0 spiro atoms. The number of hydrogen-bond acceptors (Lipinski definition) is 4. The molecule has 8 heteroatoms. The highest BCUT2D eigenvalue weighted by Crippen LogP contribution is 2.28. The number of rotatable bonds is 4. The van der Waals surface area contributed by atoms with Gasteiger partial charge in [-0.1, -0.05) is 0 Å². The van der Waals surface area contributed by atoms with E-state index in [2.05, 4.69) is 4.72 Å². The summed E-state index contributed by atoms with van der Waals surface area (Å²) in [6, 6.07) is 6.24. The number of ether oxygens (including phenoxy) is 1. The maximum Gasteiger partial charge on any atom is 0.262 e. The third-order valence-corrected chi connectivity index (χ3v) is 3.96. The summed E-state index contributed by atoms with van der Waals surface area (Å²) < 4.78 is 57.8. The van der Waals surface area contributed by atoms with Gasteiger partial charge in [0.15, 0.2) is 0 Å². The van der Waals surface area contributed by atoms with Gasteiger partial charge in [-0.25, -0.2) is 17.2 Å². The minimum absolute atomic E-state index is 0.00273. The van der Waals surface area contributed by atoms with Gasteiger partial charge in [-0.2, -0.15) is 0 Å². The van der Waals surface area contributed by atoms with Crippen LogP contribution in [0.5, 0.6) is 5.75 Å². The highest BCUT2D eigenvalue weighted by Gasteiger charge is 2.18. The van der Waals surface area contributed by atoms with Gasteiger partial charge in [-0.05, 0) is 30.3 Å². The summed E-state index contributed by atoms with van der Waals surface area (Å²) in [4.78, 5) is -0.341. The van der Waals surface area contributed by atoms with Crippen LogP contribution < -0.4 is 15.2 Å². The molecule has 5 nitrogen and oxygen atoms in total. The summed E-state index contributed by atoms with van der Waals surface area (Å²) in [5.41, 5.74) is 5.42. The topological polar surface area (TPSA) is 81.4 Å². The molecule has 2 rings (SSSR count). The van der Waals surface area contributed by atoms with Gasteiger partial charge in [0.2, 0.25) is 0 Å². The van der Waals surface area contributed by atoms with Crippen molar-refractivity contribution in [1.82, 2.24) is 0 Å². The number of sulfonamides is 1. The number of nitrogen functional groups attached to an aromatic ring is 1. The fourth-order valence-electron chi connectivity index (χ4n) is 1.69. The molecule has 2 aromatic rings. The second kappa shape index (κ2) is 5.57. The third-order valence-electron chi connectivity index (χ3n) is 2.61. The Morgan fingerprint density at radius 2 is 1.81 bits per heavy atom. The van der Waals surface area contributed by atoms with Crippen molar-refractivity contribution in [2.75, 3.05) is 17.6 Å². The predicted molar refractivity (Wildman–Crippen MR) is 74.6 cm³/mol. The van der Waals surface area contributed by atoms with E-state index < -0.39 is 21.7 Å². The molecule has 112 valence electrons. The van der Waals surface area contributed by atoms with E-state index >= 15 is 0 Å². The summed E-state index contributed by atoms with van der Waals surface area (Å²) in [5, 5.41) is 0. The zero-order valence-corrected chi connectivity index (χ0v) is 11.7. The first-order valence-electron chi connectivity index (χ1n) is 5.74. The molecule has 3 N–H and O–H groups in total. The number of anilines is 2. The molecule has 2 aromatic carbocycles. The van der Waals surface area contributed by atoms with E-state index in [0.29, 0.717) is 0 Å². The molecule has 0 aliphatic heterocycles. The molecule has 0 atom stereocenters. The monoisotopic (exact) mass is 314 g/mol. The molecule has 0 unspecified atom stereocenters. The van der Waals surface area contributed by atoms with E-state index in [1.165, 1.54) is 13.2 Å². The van der Waals surface area contributed by atoms with Crippen LogP contribution in [0.2, 0.25) is 0 Å². The molecule has 0 aromatic heterocycles. The zero-order valence-electron chi connectivity index (χ0n) is 10.9. The van der Waals surface area contributed by atoms with Crippen molar-refractivity contribution >= 4 is 21.4 Å². The first-order valence-corrected chi connectivity index (χ1v) is 7.22. The predicted octanol–water partition coefficient (Wildman–Crippen LogP) is 2.36. The second-order valence-corrected chi connectivity index (χ2v) is 5.85. The molecule has 0 radical (unpaired) electrons. The zero-order chi connectivity index (χ0) is 15.6. The highest BCUT2D eigenvalue weighted by molar-refractivity contribution is 7.92. The second-order valence-electron chi connectivity index (χ2n) is 4.17. The molecular weight excluding hydrogens is 302 g/mol. The number of nitrogens with two attached hydrogens (primary N) is 1. The van der Waals surface area contributed by atoms with Gasteiger partial charge in [0.05, 0.1) is 17.7 Å². The summed E-state index contributed by atoms with van der Waals surface area (Å²) >= 11 is 0. The van der Waals surface area contributed by atoms with Gasteiger partial charge in [-0.3, -0.25) is 4.72 Å². The smallest absolute Gasteiger partial charge is 0.262 e. The van der Waals surface area contributed by atoms with Crippen molar-refractivity contribution in [1.29, 1.82) is 0 Å². The fourth-order valence-corrected chi connectivity index (χ4v) is 2.83. The van der Waals surface area contributed by atoms with Gasteiger partial charge >= 0.3 is 0 Å². The van der Waals surface area contributed by atoms with Crippen LogP contribution in [0, 0.1) is 11.6 Å². The summed E-state index contributed by atoms with van der Waals surface area (Å²) in [6.07, 6.45) is 0. The van der Waals surface area contributed by atoms with E-state index in [9.17, 15) is 17.2 Å². The van der Waals surface area contributed by atoms with Crippen molar-refractivity contribution in [3.8, 4) is 5.75 Å². The lowest BCUT2D eigenvalue weighted by atomic mass is 10.3. The van der Waals surface area contributed by atoms with Gasteiger partial charge < -0.3 is 10.5 Å². The Morgan fingerprint density at radius 3 is 2.43 bits per heavy atom. The summed E-state index contributed by atoms with van der Waals surface area (Å²) in [6.45, 7) is 0. The lowest BCUT2D eigenvalue weighted by molar-refractivity contribution is 0.413. The minimum Gasteiger partial charge on any atom is -0.494 e. The lowest BCUT2D eigenvalue weighted by Crippen LogP contribution is -2.14. The Bertz CT molecular complexity index is 759. The van der Waals surface area contributed by atoms with Crippen LogP contribution >= 0.6 is 0 Å². The van der Waals surface area contributed by atoms with E-state index in [0.717, 1.165) is 30.3 Å². The molecule has 0 fully saturated rings. The Balaban J connectivity index is 2.42. The Kier molecular flexibility index (Phi) is 3.99. The average Bonchev–Trinajstić information content (AvgIpc) is 2.39. The van der Waals surface area contributed by atoms with Crippen LogP contribution in [0.25, 0.3) is 0 Å². The minimum atomic E-state index is -4.08. The Labute approximate surface area is 120 Å².